The van der Waals surface area contributed by atoms with Gasteiger partial charge in [-0.2, -0.15) is 0 Å². The van der Waals surface area contributed by atoms with Crippen molar-refractivity contribution >= 4 is 5.91 Å². The van der Waals surface area contributed by atoms with Gasteiger partial charge in [-0.15, -0.1) is 0 Å². The molecule has 4 heteroatoms. The quantitative estimate of drug-likeness (QED) is 0.909. The molecule has 22 heavy (non-hydrogen) atoms. The largest absolute Gasteiger partial charge is 0.494 e. The van der Waals surface area contributed by atoms with Crippen molar-refractivity contribution in [3.05, 3.63) is 29.8 Å². The Morgan fingerprint density at radius 1 is 1.32 bits per heavy atom. The molecule has 0 unspecified atom stereocenters. The molecule has 1 saturated carbocycles. The van der Waals surface area contributed by atoms with Gasteiger partial charge in [-0.1, -0.05) is 31.9 Å². The molecule has 1 aliphatic heterocycles. The van der Waals surface area contributed by atoms with E-state index in [0.717, 1.165) is 31.7 Å². The first-order chi connectivity index (χ1) is 10.8. The zero-order chi connectivity index (χ0) is 15.4. The van der Waals surface area contributed by atoms with Crippen molar-refractivity contribution in [3.8, 4) is 5.75 Å². The third-order valence-electron chi connectivity index (χ3n) is 4.65. The number of amides is 1. The summed E-state index contributed by atoms with van der Waals surface area (Å²) in [4.78, 5) is 14.3. The molecule has 3 rings (SSSR count). The van der Waals surface area contributed by atoms with Crippen LogP contribution < -0.4 is 10.1 Å². The Balaban J connectivity index is 1.69. The van der Waals surface area contributed by atoms with E-state index < -0.39 is 0 Å². The summed E-state index contributed by atoms with van der Waals surface area (Å²) in [6.07, 6.45) is 5.83. The lowest BCUT2D eigenvalue weighted by atomic mass is 9.87. The van der Waals surface area contributed by atoms with Crippen LogP contribution in [0.2, 0.25) is 0 Å². The van der Waals surface area contributed by atoms with Gasteiger partial charge in [0.2, 0.25) is 5.91 Å². The predicted octanol–water partition coefficient (Wildman–Crippen LogP) is 2.72. The average Bonchev–Trinajstić information content (AvgIpc) is 2.53. The summed E-state index contributed by atoms with van der Waals surface area (Å²) in [5.41, 5.74) is 1.23. The van der Waals surface area contributed by atoms with E-state index in [2.05, 4.69) is 29.3 Å². The third kappa shape index (κ3) is 3.61. The van der Waals surface area contributed by atoms with E-state index in [0.29, 0.717) is 18.6 Å². The third-order valence-corrected chi connectivity index (χ3v) is 4.65. The molecule has 2 aliphatic rings. The maximum atomic E-state index is 11.9. The lowest BCUT2D eigenvalue weighted by molar-refractivity contribution is -0.128. The van der Waals surface area contributed by atoms with E-state index in [1.54, 1.807) is 0 Å². The minimum atomic E-state index is 0.168. The number of ether oxygens (including phenoxy) is 1. The fourth-order valence-corrected chi connectivity index (χ4v) is 3.63. The van der Waals surface area contributed by atoms with Crippen LogP contribution in [-0.2, 0) is 11.3 Å². The molecule has 0 bridgehead atoms. The smallest absolute Gasteiger partial charge is 0.234 e. The normalized spacial score (nSPS) is 25.4. The second-order valence-electron chi connectivity index (χ2n) is 6.43. The molecule has 120 valence electrons. The summed E-state index contributed by atoms with van der Waals surface area (Å²) in [7, 11) is 0. The molecule has 1 N–H and O–H groups in total. The Kier molecular flexibility index (Phi) is 4.98. The number of carbonyl (C=O) groups excluding carboxylic acids is 1. The Hall–Kier alpha value is -1.55. The average molecular weight is 302 g/mol. The van der Waals surface area contributed by atoms with Crippen molar-refractivity contribution in [2.24, 2.45) is 0 Å². The first-order valence-corrected chi connectivity index (χ1v) is 8.51. The van der Waals surface area contributed by atoms with Gasteiger partial charge in [-0.25, -0.2) is 0 Å². The van der Waals surface area contributed by atoms with Crippen LogP contribution in [0.5, 0.6) is 5.75 Å². The maximum Gasteiger partial charge on any atom is 0.234 e. The predicted molar refractivity (Wildman–Crippen MR) is 86.8 cm³/mol. The number of benzene rings is 1. The van der Waals surface area contributed by atoms with E-state index in [1.807, 2.05) is 12.1 Å². The summed E-state index contributed by atoms with van der Waals surface area (Å²) < 4.78 is 5.71. The van der Waals surface area contributed by atoms with Gasteiger partial charge in [0.1, 0.15) is 5.75 Å². The number of hydrogen-bond acceptors (Lipinski definition) is 3. The number of piperazine rings is 1. The van der Waals surface area contributed by atoms with Crippen molar-refractivity contribution in [1.82, 2.24) is 10.2 Å². The zero-order valence-corrected chi connectivity index (χ0v) is 13.4. The zero-order valence-electron chi connectivity index (χ0n) is 13.4. The number of carbonyl (C=O) groups is 1. The number of rotatable bonds is 5. The van der Waals surface area contributed by atoms with Gasteiger partial charge in [-0.3, -0.25) is 9.69 Å². The van der Waals surface area contributed by atoms with Crippen LogP contribution in [-0.4, -0.2) is 36.0 Å². The van der Waals surface area contributed by atoms with E-state index in [4.69, 9.17) is 4.74 Å². The molecule has 2 fully saturated rings. The number of nitrogens with one attached hydrogen (secondary N) is 1. The molecule has 1 amide bonds. The van der Waals surface area contributed by atoms with E-state index in [9.17, 15) is 4.79 Å². The van der Waals surface area contributed by atoms with E-state index in [-0.39, 0.29) is 5.91 Å². The monoisotopic (exact) mass is 302 g/mol. The number of nitrogens with zero attached hydrogens (tertiary/aromatic N) is 1. The van der Waals surface area contributed by atoms with Gasteiger partial charge >= 0.3 is 0 Å². The van der Waals surface area contributed by atoms with Crippen LogP contribution in [0.3, 0.4) is 0 Å². The maximum absolute atomic E-state index is 11.9. The molecule has 4 nitrogen and oxygen atoms in total. The Labute approximate surface area is 132 Å². The van der Waals surface area contributed by atoms with Gasteiger partial charge in [0.05, 0.1) is 13.2 Å². The van der Waals surface area contributed by atoms with Gasteiger partial charge in [0.25, 0.3) is 0 Å². The van der Waals surface area contributed by atoms with Gasteiger partial charge in [0.15, 0.2) is 0 Å². The standard InChI is InChI=1S/C18H26N2O2/c1-2-10-22-15-7-5-6-14(11-15)12-20-13-18(21)19-16-8-3-4-9-17(16)20/h5-7,11,16-17H,2-4,8-10,12-13H2,1H3,(H,19,21)/t16-,17+/m1/s1. The molecular formula is C18H26N2O2. The number of hydrogen-bond donors (Lipinski definition) is 1. The highest BCUT2D eigenvalue weighted by atomic mass is 16.5. The summed E-state index contributed by atoms with van der Waals surface area (Å²) in [6.45, 7) is 4.21. The molecule has 2 atom stereocenters. The minimum Gasteiger partial charge on any atom is -0.494 e. The van der Waals surface area contributed by atoms with E-state index in [1.165, 1.54) is 24.8 Å². The van der Waals surface area contributed by atoms with Gasteiger partial charge < -0.3 is 10.1 Å². The van der Waals surface area contributed by atoms with Crippen LogP contribution in [0.25, 0.3) is 0 Å². The molecule has 0 spiro atoms. The van der Waals surface area contributed by atoms with Crippen LogP contribution in [0.4, 0.5) is 0 Å². The second-order valence-corrected chi connectivity index (χ2v) is 6.43. The van der Waals surface area contributed by atoms with Crippen molar-refractivity contribution in [2.45, 2.75) is 57.7 Å². The molecule has 1 aromatic rings. The van der Waals surface area contributed by atoms with Crippen molar-refractivity contribution in [1.29, 1.82) is 0 Å². The molecule has 0 aromatic heterocycles. The van der Waals surface area contributed by atoms with Gasteiger partial charge in [-0.05, 0) is 37.0 Å². The second kappa shape index (κ2) is 7.14. The van der Waals surface area contributed by atoms with Crippen LogP contribution in [0.15, 0.2) is 24.3 Å². The molecule has 1 aliphatic carbocycles. The highest BCUT2D eigenvalue weighted by Gasteiger charge is 2.36. The molecule has 1 aromatic carbocycles. The summed E-state index contributed by atoms with van der Waals surface area (Å²) >= 11 is 0. The van der Waals surface area contributed by atoms with Crippen LogP contribution in [0, 0.1) is 0 Å². The summed E-state index contributed by atoms with van der Waals surface area (Å²) in [5.74, 6) is 1.10. The molecule has 1 heterocycles. The minimum absolute atomic E-state index is 0.168. The molecule has 0 radical (unpaired) electrons. The van der Waals surface area contributed by atoms with Gasteiger partial charge in [0, 0.05) is 18.6 Å². The Bertz CT molecular complexity index is 518. The molecule has 1 saturated heterocycles. The highest BCUT2D eigenvalue weighted by Crippen LogP contribution is 2.27. The summed E-state index contributed by atoms with van der Waals surface area (Å²) in [5, 5.41) is 3.17. The van der Waals surface area contributed by atoms with Crippen LogP contribution in [0.1, 0.15) is 44.6 Å². The van der Waals surface area contributed by atoms with Crippen molar-refractivity contribution < 1.29 is 9.53 Å². The van der Waals surface area contributed by atoms with Crippen molar-refractivity contribution in [2.75, 3.05) is 13.2 Å². The highest BCUT2D eigenvalue weighted by molar-refractivity contribution is 5.79. The van der Waals surface area contributed by atoms with Crippen molar-refractivity contribution in [3.63, 3.8) is 0 Å². The SMILES string of the molecule is CCCOc1cccc(CN2CC(=O)N[C@@H]3CCCC[C@@H]32)c1. The van der Waals surface area contributed by atoms with Crippen LogP contribution >= 0.6 is 0 Å². The van der Waals surface area contributed by atoms with E-state index >= 15 is 0 Å². The fourth-order valence-electron chi connectivity index (χ4n) is 3.63. The Morgan fingerprint density at radius 3 is 3.05 bits per heavy atom. The fraction of sp³-hybridized carbons (Fsp3) is 0.611. The first-order valence-electron chi connectivity index (χ1n) is 8.51. The number of fused-ring (bicyclic) bond motifs is 1. The molecular weight excluding hydrogens is 276 g/mol. The lowest BCUT2D eigenvalue weighted by Crippen LogP contribution is -2.61. The lowest BCUT2D eigenvalue weighted by Gasteiger charge is -2.44. The first kappa shape index (κ1) is 15.3. The topological polar surface area (TPSA) is 41.6 Å². The summed E-state index contributed by atoms with van der Waals surface area (Å²) in [6, 6.07) is 9.12. The Morgan fingerprint density at radius 2 is 2.18 bits per heavy atom.